The van der Waals surface area contributed by atoms with Crippen molar-refractivity contribution in [3.05, 3.63) is 82.5 Å². The van der Waals surface area contributed by atoms with Crippen LogP contribution in [-0.2, 0) is 6.54 Å². The third kappa shape index (κ3) is 3.12. The highest BCUT2D eigenvalue weighted by Crippen LogP contribution is 2.37. The maximum atomic E-state index is 14.1. The molecule has 2 atom stereocenters. The maximum absolute atomic E-state index is 14.1. The minimum atomic E-state index is -0.608. The molecule has 3 aromatic heterocycles. The lowest BCUT2D eigenvalue weighted by Crippen LogP contribution is -2.49. The molecular formula is C22H19FN4O2. The molecule has 0 radical (unpaired) electrons. The lowest BCUT2D eigenvalue weighted by Gasteiger charge is -2.42. The Bertz CT molecular complexity index is 1150. The van der Waals surface area contributed by atoms with Gasteiger partial charge < -0.3 is 9.47 Å². The number of pyridine rings is 3. The van der Waals surface area contributed by atoms with Gasteiger partial charge in [-0.2, -0.15) is 0 Å². The summed E-state index contributed by atoms with van der Waals surface area (Å²) in [7, 11) is 0. The van der Waals surface area contributed by atoms with E-state index in [0.29, 0.717) is 19.6 Å². The third-order valence-electron chi connectivity index (χ3n) is 5.80. The number of likely N-dealkylation sites (tertiary alicyclic amines) is 1. The summed E-state index contributed by atoms with van der Waals surface area (Å²) in [6.07, 6.45) is 5.76. The Morgan fingerprint density at radius 2 is 1.93 bits per heavy atom. The molecule has 6 nitrogen and oxygen atoms in total. The Labute approximate surface area is 166 Å². The van der Waals surface area contributed by atoms with Crippen LogP contribution in [-0.4, -0.2) is 38.4 Å². The number of piperidine rings is 1. The first kappa shape index (κ1) is 17.7. The van der Waals surface area contributed by atoms with E-state index in [4.69, 9.17) is 0 Å². The minimum absolute atomic E-state index is 0.0301. The lowest BCUT2D eigenvalue weighted by molar-refractivity contribution is 0.0584. The molecule has 5 heterocycles. The summed E-state index contributed by atoms with van der Waals surface area (Å²) in [5.74, 6) is -0.804. The van der Waals surface area contributed by atoms with E-state index in [1.165, 1.54) is 18.3 Å². The van der Waals surface area contributed by atoms with Gasteiger partial charge >= 0.3 is 0 Å². The monoisotopic (exact) mass is 390 g/mol. The Hall–Kier alpha value is -3.35. The van der Waals surface area contributed by atoms with E-state index >= 15 is 0 Å². The number of carbonyl (C=O) groups excluding carboxylic acids is 1. The Balaban J connectivity index is 1.50. The van der Waals surface area contributed by atoms with Crippen LogP contribution in [0.2, 0.25) is 0 Å². The molecule has 5 rings (SSSR count). The summed E-state index contributed by atoms with van der Waals surface area (Å²) in [6, 6.07) is 10.2. The van der Waals surface area contributed by atoms with Crippen LogP contribution >= 0.6 is 0 Å². The SMILES string of the molecule is O=C(c1ncccc1F)N1C[C@@H]2C[C@H](C1)c1cc(-c3cccnc3)cc(=O)n1C2. The molecule has 7 heteroatoms. The maximum Gasteiger partial charge on any atom is 0.275 e. The molecule has 0 aromatic carbocycles. The van der Waals surface area contributed by atoms with Crippen molar-refractivity contribution < 1.29 is 9.18 Å². The average molecular weight is 390 g/mol. The van der Waals surface area contributed by atoms with Crippen LogP contribution < -0.4 is 5.56 Å². The van der Waals surface area contributed by atoms with Gasteiger partial charge in [-0.1, -0.05) is 6.07 Å². The summed E-state index contributed by atoms with van der Waals surface area (Å²) in [6.45, 7) is 1.51. The fraction of sp³-hybridized carbons (Fsp3) is 0.273. The quantitative estimate of drug-likeness (QED) is 0.675. The molecule has 2 aliphatic rings. The Kier molecular flexibility index (Phi) is 4.23. The van der Waals surface area contributed by atoms with Crippen molar-refractivity contribution >= 4 is 5.91 Å². The first-order valence-corrected chi connectivity index (χ1v) is 9.65. The Morgan fingerprint density at radius 3 is 2.72 bits per heavy atom. The zero-order chi connectivity index (χ0) is 20.0. The number of aromatic nitrogens is 3. The summed E-state index contributed by atoms with van der Waals surface area (Å²) >= 11 is 0. The number of nitrogens with zero attached hydrogens (tertiary/aromatic N) is 4. The largest absolute Gasteiger partial charge is 0.336 e. The number of halogens is 1. The van der Waals surface area contributed by atoms with E-state index in [1.807, 2.05) is 22.8 Å². The summed E-state index contributed by atoms with van der Waals surface area (Å²) in [4.78, 5) is 35.4. The molecular weight excluding hydrogens is 371 g/mol. The summed E-state index contributed by atoms with van der Waals surface area (Å²) < 4.78 is 15.9. The van der Waals surface area contributed by atoms with E-state index in [0.717, 1.165) is 23.2 Å². The van der Waals surface area contributed by atoms with Crippen molar-refractivity contribution in [2.75, 3.05) is 13.1 Å². The predicted octanol–water partition coefficient (Wildman–Crippen LogP) is 2.70. The molecule has 3 aromatic rings. The first-order chi connectivity index (χ1) is 14.1. The van der Waals surface area contributed by atoms with Gasteiger partial charge in [0.25, 0.3) is 11.5 Å². The predicted molar refractivity (Wildman–Crippen MR) is 105 cm³/mol. The number of rotatable bonds is 2. The molecule has 1 saturated heterocycles. The highest BCUT2D eigenvalue weighted by atomic mass is 19.1. The van der Waals surface area contributed by atoms with E-state index in [1.54, 1.807) is 23.4 Å². The smallest absolute Gasteiger partial charge is 0.275 e. The lowest BCUT2D eigenvalue weighted by atomic mass is 9.82. The van der Waals surface area contributed by atoms with Crippen LogP contribution in [0.3, 0.4) is 0 Å². The molecule has 29 heavy (non-hydrogen) atoms. The standard InChI is InChI=1S/C22H19FN4O2/c23-18-4-2-6-25-21(18)22(29)26-11-14-7-17(13-26)19-8-16(9-20(28)27(19)12-14)15-3-1-5-24-10-15/h1-6,8-10,14,17H,7,11-13H2/t14-,17+/m0/s1. The second kappa shape index (κ2) is 6.92. The second-order valence-electron chi connectivity index (χ2n) is 7.70. The molecule has 0 unspecified atom stereocenters. The van der Waals surface area contributed by atoms with Gasteiger partial charge in [-0.15, -0.1) is 0 Å². The molecule has 1 fully saturated rings. The molecule has 0 aliphatic carbocycles. The fourth-order valence-corrected chi connectivity index (χ4v) is 4.52. The van der Waals surface area contributed by atoms with Crippen molar-refractivity contribution in [1.29, 1.82) is 0 Å². The normalized spacial score (nSPS) is 20.2. The molecule has 2 aliphatic heterocycles. The highest BCUT2D eigenvalue weighted by Gasteiger charge is 2.37. The molecule has 0 spiro atoms. The van der Waals surface area contributed by atoms with Crippen LogP contribution in [0.15, 0.2) is 59.8 Å². The molecule has 0 N–H and O–H groups in total. The minimum Gasteiger partial charge on any atom is -0.336 e. The second-order valence-corrected chi connectivity index (χ2v) is 7.70. The van der Waals surface area contributed by atoms with Crippen molar-refractivity contribution in [1.82, 2.24) is 19.4 Å². The van der Waals surface area contributed by atoms with Crippen LogP contribution in [0.5, 0.6) is 0 Å². The number of amides is 1. The topological polar surface area (TPSA) is 68.1 Å². The summed E-state index contributed by atoms with van der Waals surface area (Å²) in [5.41, 5.74) is 2.45. The van der Waals surface area contributed by atoms with Gasteiger partial charge in [-0.25, -0.2) is 9.37 Å². The van der Waals surface area contributed by atoms with Crippen molar-refractivity contribution in [3.63, 3.8) is 0 Å². The van der Waals surface area contributed by atoms with Gasteiger partial charge in [0.15, 0.2) is 11.5 Å². The van der Waals surface area contributed by atoms with Crippen LogP contribution in [0.25, 0.3) is 11.1 Å². The van der Waals surface area contributed by atoms with Crippen molar-refractivity contribution in [2.45, 2.75) is 18.9 Å². The average Bonchev–Trinajstić information content (AvgIpc) is 2.75. The van der Waals surface area contributed by atoms with E-state index in [-0.39, 0.29) is 23.1 Å². The van der Waals surface area contributed by atoms with Gasteiger partial charge in [-0.05, 0) is 42.2 Å². The molecule has 2 bridgehead atoms. The van der Waals surface area contributed by atoms with Crippen LogP contribution in [0.1, 0.15) is 28.5 Å². The zero-order valence-corrected chi connectivity index (χ0v) is 15.7. The van der Waals surface area contributed by atoms with Crippen LogP contribution in [0.4, 0.5) is 4.39 Å². The number of fused-ring (bicyclic) bond motifs is 4. The van der Waals surface area contributed by atoms with Gasteiger partial charge in [-0.3, -0.25) is 14.6 Å². The zero-order valence-electron chi connectivity index (χ0n) is 15.7. The van der Waals surface area contributed by atoms with Gasteiger partial charge in [0.2, 0.25) is 0 Å². The fourth-order valence-electron chi connectivity index (χ4n) is 4.52. The molecule has 0 saturated carbocycles. The van der Waals surface area contributed by atoms with Gasteiger partial charge in [0.1, 0.15) is 0 Å². The number of hydrogen-bond acceptors (Lipinski definition) is 4. The van der Waals surface area contributed by atoms with E-state index in [9.17, 15) is 14.0 Å². The summed E-state index contributed by atoms with van der Waals surface area (Å²) in [5, 5.41) is 0. The van der Waals surface area contributed by atoms with Crippen molar-refractivity contribution in [3.8, 4) is 11.1 Å². The van der Waals surface area contributed by atoms with Crippen molar-refractivity contribution in [2.24, 2.45) is 5.92 Å². The van der Waals surface area contributed by atoms with Crippen LogP contribution in [0, 0.1) is 11.7 Å². The number of hydrogen-bond donors (Lipinski definition) is 0. The molecule has 146 valence electrons. The van der Waals surface area contributed by atoms with E-state index < -0.39 is 11.7 Å². The first-order valence-electron chi connectivity index (χ1n) is 9.65. The molecule has 1 amide bonds. The van der Waals surface area contributed by atoms with E-state index in [2.05, 4.69) is 9.97 Å². The number of carbonyl (C=O) groups is 1. The Morgan fingerprint density at radius 1 is 1.07 bits per heavy atom. The van der Waals surface area contributed by atoms with Gasteiger partial charge in [0.05, 0.1) is 0 Å². The van der Waals surface area contributed by atoms with Gasteiger partial charge in [0, 0.05) is 61.5 Å². The third-order valence-corrected chi connectivity index (χ3v) is 5.80. The highest BCUT2D eigenvalue weighted by molar-refractivity contribution is 5.92.